The Morgan fingerprint density at radius 1 is 0.731 bits per heavy atom. The molecule has 0 aromatic heterocycles. The summed E-state index contributed by atoms with van der Waals surface area (Å²) in [6.45, 7) is 6.04. The van der Waals surface area contributed by atoms with Gasteiger partial charge in [0, 0.05) is 11.0 Å². The van der Waals surface area contributed by atoms with E-state index < -0.39 is 0 Å². The third-order valence-electron chi connectivity index (χ3n) is 5.30. The van der Waals surface area contributed by atoms with Crippen molar-refractivity contribution < 1.29 is 0 Å². The zero-order valence-electron chi connectivity index (χ0n) is 17.6. The van der Waals surface area contributed by atoms with Crippen LogP contribution in [-0.4, -0.2) is 6.04 Å². The van der Waals surface area contributed by atoms with E-state index in [0.29, 0.717) is 0 Å². The molecule has 0 bridgehead atoms. The quantitative estimate of drug-likeness (QED) is 0.0641. The Hall–Kier alpha value is -0.950. The average molecular weight is 364 g/mol. The van der Waals surface area contributed by atoms with Crippen molar-refractivity contribution in [3.8, 4) is 0 Å². The van der Waals surface area contributed by atoms with Crippen LogP contribution >= 0.6 is 0 Å². The molecule has 3 heteroatoms. The van der Waals surface area contributed by atoms with Crippen molar-refractivity contribution in [3.63, 3.8) is 0 Å². The van der Waals surface area contributed by atoms with Crippen molar-refractivity contribution in [3.05, 3.63) is 23.1 Å². The normalized spacial score (nSPS) is 11.9. The number of allylic oxidation sites excluding steroid dienone is 1. The highest BCUT2D eigenvalue weighted by Gasteiger charge is 2.06. The van der Waals surface area contributed by atoms with E-state index >= 15 is 0 Å². The molecular formula is C23H45N3. The van der Waals surface area contributed by atoms with Crippen molar-refractivity contribution in [1.29, 1.82) is 0 Å². The van der Waals surface area contributed by atoms with Crippen LogP contribution in [0.2, 0.25) is 0 Å². The molecule has 0 radical (unpaired) electrons. The van der Waals surface area contributed by atoms with Gasteiger partial charge in [-0.05, 0) is 31.2 Å². The number of hydrogen-bond donors (Lipinski definition) is 0. The average Bonchev–Trinajstić information content (AvgIpc) is 2.65. The summed E-state index contributed by atoms with van der Waals surface area (Å²) in [4.78, 5) is 3.06. The summed E-state index contributed by atoms with van der Waals surface area (Å²) in [6, 6.07) is 0.231. The lowest BCUT2D eigenvalue weighted by Gasteiger charge is -2.11. The van der Waals surface area contributed by atoms with Gasteiger partial charge in [-0.15, -0.1) is 6.58 Å². The van der Waals surface area contributed by atoms with E-state index in [4.69, 9.17) is 5.53 Å². The van der Waals surface area contributed by atoms with Crippen LogP contribution in [0.15, 0.2) is 17.8 Å². The third kappa shape index (κ3) is 19.4. The van der Waals surface area contributed by atoms with E-state index in [-0.39, 0.29) is 6.04 Å². The monoisotopic (exact) mass is 363 g/mol. The third-order valence-corrected chi connectivity index (χ3v) is 5.30. The summed E-state index contributed by atoms with van der Waals surface area (Å²) in [5.74, 6) is 0. The second-order valence-corrected chi connectivity index (χ2v) is 7.82. The molecule has 0 rings (SSSR count). The van der Waals surface area contributed by atoms with Gasteiger partial charge in [0.25, 0.3) is 0 Å². The molecule has 0 N–H and O–H groups in total. The Kier molecular flexibility index (Phi) is 21.3. The minimum Gasteiger partial charge on any atom is -0.103 e. The topological polar surface area (TPSA) is 48.8 Å². The van der Waals surface area contributed by atoms with Gasteiger partial charge < -0.3 is 0 Å². The fourth-order valence-corrected chi connectivity index (χ4v) is 3.58. The summed E-state index contributed by atoms with van der Waals surface area (Å²) in [5.41, 5.74) is 8.77. The van der Waals surface area contributed by atoms with Crippen molar-refractivity contribution in [2.75, 3.05) is 0 Å². The van der Waals surface area contributed by atoms with Crippen LogP contribution in [0.4, 0.5) is 0 Å². The first kappa shape index (κ1) is 25.1. The Morgan fingerprint density at radius 3 is 1.58 bits per heavy atom. The predicted octanol–water partition coefficient (Wildman–Crippen LogP) is 9.28. The van der Waals surface area contributed by atoms with Crippen LogP contribution < -0.4 is 0 Å². The zero-order chi connectivity index (χ0) is 19.1. The molecule has 0 heterocycles. The maximum atomic E-state index is 8.77. The molecule has 0 aromatic rings. The molecule has 0 aliphatic carbocycles. The highest BCUT2D eigenvalue weighted by molar-refractivity contribution is 4.68. The Labute approximate surface area is 163 Å². The van der Waals surface area contributed by atoms with E-state index in [0.717, 1.165) is 19.3 Å². The maximum Gasteiger partial charge on any atom is 0.0374 e. The molecular weight excluding hydrogens is 318 g/mol. The van der Waals surface area contributed by atoms with E-state index in [9.17, 15) is 0 Å². The van der Waals surface area contributed by atoms with Crippen LogP contribution in [0.5, 0.6) is 0 Å². The Bertz CT molecular complexity index is 334. The Balaban J connectivity index is 3.47. The molecule has 0 spiro atoms. The molecule has 0 aliphatic rings. The molecule has 26 heavy (non-hydrogen) atoms. The lowest BCUT2D eigenvalue weighted by atomic mass is 10.0. The molecule has 0 saturated heterocycles. The maximum absolute atomic E-state index is 8.77. The van der Waals surface area contributed by atoms with Crippen LogP contribution in [0, 0.1) is 0 Å². The van der Waals surface area contributed by atoms with Crippen LogP contribution in [0.1, 0.15) is 129 Å². The molecule has 0 amide bonds. The molecule has 1 atom stereocenters. The molecule has 0 fully saturated rings. The minimum absolute atomic E-state index is 0.231. The first-order chi connectivity index (χ1) is 12.8. The predicted molar refractivity (Wildman–Crippen MR) is 117 cm³/mol. The highest BCUT2D eigenvalue weighted by Crippen LogP contribution is 2.17. The van der Waals surface area contributed by atoms with E-state index in [2.05, 4.69) is 23.5 Å². The van der Waals surface area contributed by atoms with Crippen LogP contribution in [0.3, 0.4) is 0 Å². The van der Waals surface area contributed by atoms with Crippen molar-refractivity contribution in [1.82, 2.24) is 0 Å². The van der Waals surface area contributed by atoms with Gasteiger partial charge in [-0.3, -0.25) is 0 Å². The standard InChI is InChI=1S/C23H45N3/c1-3-5-7-9-11-13-14-16-18-20-22-23(25-26-24)21-19-17-15-12-10-8-6-4-2/h4,23H,2-3,5-22H2,1H3. The largest absolute Gasteiger partial charge is 0.103 e. The number of unbranched alkanes of at least 4 members (excludes halogenated alkanes) is 15. The summed E-state index contributed by atoms with van der Waals surface area (Å²) < 4.78 is 0. The summed E-state index contributed by atoms with van der Waals surface area (Å²) >= 11 is 0. The molecule has 152 valence electrons. The van der Waals surface area contributed by atoms with Gasteiger partial charge >= 0.3 is 0 Å². The molecule has 0 aromatic carbocycles. The smallest absolute Gasteiger partial charge is 0.0374 e. The van der Waals surface area contributed by atoms with Crippen molar-refractivity contribution in [2.45, 2.75) is 135 Å². The van der Waals surface area contributed by atoms with Gasteiger partial charge in [-0.2, -0.15) is 0 Å². The number of nitrogens with zero attached hydrogens (tertiary/aromatic N) is 3. The van der Waals surface area contributed by atoms with Gasteiger partial charge in [0.1, 0.15) is 0 Å². The summed E-state index contributed by atoms with van der Waals surface area (Å²) in [5, 5.41) is 4.03. The molecule has 0 saturated carbocycles. The molecule has 1 unspecified atom stereocenters. The SMILES string of the molecule is C=CCCCCCCCCC(CCCCCCCCCCCC)N=[N+]=[N-]. The van der Waals surface area contributed by atoms with Gasteiger partial charge in [0.05, 0.1) is 0 Å². The van der Waals surface area contributed by atoms with Crippen LogP contribution in [-0.2, 0) is 0 Å². The molecule has 3 nitrogen and oxygen atoms in total. The van der Waals surface area contributed by atoms with Crippen molar-refractivity contribution in [2.24, 2.45) is 5.11 Å². The summed E-state index contributed by atoms with van der Waals surface area (Å²) in [7, 11) is 0. The van der Waals surface area contributed by atoms with Gasteiger partial charge in [-0.1, -0.05) is 114 Å². The second kappa shape index (κ2) is 22.1. The van der Waals surface area contributed by atoms with Crippen molar-refractivity contribution >= 4 is 0 Å². The lowest BCUT2D eigenvalue weighted by molar-refractivity contribution is 0.479. The van der Waals surface area contributed by atoms with E-state index in [1.54, 1.807) is 0 Å². The van der Waals surface area contributed by atoms with Gasteiger partial charge in [0.15, 0.2) is 0 Å². The number of azide groups is 1. The minimum atomic E-state index is 0.231. The van der Waals surface area contributed by atoms with Gasteiger partial charge in [0.2, 0.25) is 0 Å². The van der Waals surface area contributed by atoms with E-state index in [1.807, 2.05) is 6.08 Å². The Morgan fingerprint density at radius 2 is 1.15 bits per heavy atom. The number of hydrogen-bond acceptors (Lipinski definition) is 1. The lowest BCUT2D eigenvalue weighted by Crippen LogP contribution is -2.03. The fraction of sp³-hybridized carbons (Fsp3) is 0.913. The second-order valence-electron chi connectivity index (χ2n) is 7.82. The molecule has 0 aliphatic heterocycles. The first-order valence-electron chi connectivity index (χ1n) is 11.5. The van der Waals surface area contributed by atoms with E-state index in [1.165, 1.54) is 103 Å². The first-order valence-corrected chi connectivity index (χ1v) is 11.5. The number of rotatable bonds is 21. The fourth-order valence-electron chi connectivity index (χ4n) is 3.58. The zero-order valence-corrected chi connectivity index (χ0v) is 17.6. The highest BCUT2D eigenvalue weighted by atomic mass is 15.1. The summed E-state index contributed by atoms with van der Waals surface area (Å²) in [6.07, 6.45) is 26.7. The van der Waals surface area contributed by atoms with Crippen LogP contribution in [0.25, 0.3) is 10.4 Å². The van der Waals surface area contributed by atoms with Gasteiger partial charge in [-0.25, -0.2) is 0 Å².